The van der Waals surface area contributed by atoms with E-state index in [-0.39, 0.29) is 11.5 Å². The quantitative estimate of drug-likeness (QED) is 0.535. The summed E-state index contributed by atoms with van der Waals surface area (Å²) in [4.78, 5) is 16.7. The van der Waals surface area contributed by atoms with Crippen molar-refractivity contribution in [3.63, 3.8) is 0 Å². The summed E-state index contributed by atoms with van der Waals surface area (Å²) in [5, 5.41) is 8.98. The van der Waals surface area contributed by atoms with Crippen molar-refractivity contribution < 1.29 is 9.53 Å². The van der Waals surface area contributed by atoms with Crippen molar-refractivity contribution in [3.05, 3.63) is 41.1 Å². The molecule has 0 saturated carbocycles. The van der Waals surface area contributed by atoms with Crippen molar-refractivity contribution >= 4 is 29.1 Å². The lowest BCUT2D eigenvalue weighted by Gasteiger charge is -2.08. The van der Waals surface area contributed by atoms with Gasteiger partial charge in [0, 0.05) is 16.8 Å². The Hall–Kier alpha value is -2.61. The molecule has 0 spiro atoms. The Bertz CT molecular complexity index is 921. The molecule has 8 heteroatoms. The fourth-order valence-electron chi connectivity index (χ4n) is 2.62. The number of nitrogens with two attached hydrogens (primary N) is 1. The predicted octanol–water partition coefficient (Wildman–Crippen LogP) is 2.56. The number of rotatable bonds is 6. The van der Waals surface area contributed by atoms with Crippen molar-refractivity contribution in [2.45, 2.75) is 25.4 Å². The smallest absolute Gasteiger partial charge is 0.208 e. The number of nitrogen functional groups attached to an aromatic ring is 1. The lowest BCUT2D eigenvalue weighted by atomic mass is 10.1. The summed E-state index contributed by atoms with van der Waals surface area (Å²) < 4.78 is 6.81. The standard InChI is InChI=1S/C17H19N5O2S/c1-4-13-10(2)19-16(18)22-15(13)20-21-17(22)25-9-14(23)11-5-7-12(24-3)8-6-11/h5-8H,4,9H2,1-3H3,(H2,18,19). The maximum Gasteiger partial charge on any atom is 0.208 e. The molecule has 0 aliphatic carbocycles. The number of Topliss-reactive ketones (excluding diaryl/α,β-unsaturated/α-hetero) is 1. The van der Waals surface area contributed by atoms with Crippen LogP contribution in [0.5, 0.6) is 5.75 Å². The van der Waals surface area contributed by atoms with Crippen LogP contribution in [0.25, 0.3) is 5.65 Å². The second-order valence-electron chi connectivity index (χ2n) is 5.47. The maximum absolute atomic E-state index is 12.4. The van der Waals surface area contributed by atoms with Crippen LogP contribution < -0.4 is 10.5 Å². The molecule has 0 aliphatic heterocycles. The van der Waals surface area contributed by atoms with Gasteiger partial charge in [-0.05, 0) is 37.6 Å². The first-order chi connectivity index (χ1) is 12.0. The fourth-order valence-corrected chi connectivity index (χ4v) is 3.46. The lowest BCUT2D eigenvalue weighted by molar-refractivity contribution is 0.102. The molecule has 2 heterocycles. The molecule has 0 unspecified atom stereocenters. The molecule has 0 radical (unpaired) electrons. The molecule has 0 atom stereocenters. The second kappa shape index (κ2) is 7.10. The lowest BCUT2D eigenvalue weighted by Crippen LogP contribution is -2.08. The largest absolute Gasteiger partial charge is 0.497 e. The number of ketones is 1. The number of nitrogens with zero attached hydrogens (tertiary/aromatic N) is 4. The number of benzene rings is 1. The van der Waals surface area contributed by atoms with Gasteiger partial charge >= 0.3 is 0 Å². The van der Waals surface area contributed by atoms with Gasteiger partial charge in [-0.3, -0.25) is 4.79 Å². The average molecular weight is 357 g/mol. The minimum Gasteiger partial charge on any atom is -0.497 e. The molecule has 130 valence electrons. The second-order valence-corrected chi connectivity index (χ2v) is 6.41. The number of hydrogen-bond donors (Lipinski definition) is 1. The third-order valence-electron chi connectivity index (χ3n) is 3.95. The molecule has 2 N–H and O–H groups in total. The van der Waals surface area contributed by atoms with E-state index in [0.717, 1.165) is 17.7 Å². The van der Waals surface area contributed by atoms with E-state index in [4.69, 9.17) is 10.5 Å². The minimum atomic E-state index is -0.00115. The van der Waals surface area contributed by atoms with E-state index in [1.54, 1.807) is 35.8 Å². The van der Waals surface area contributed by atoms with Crippen LogP contribution in [-0.4, -0.2) is 38.2 Å². The summed E-state index contributed by atoms with van der Waals surface area (Å²) in [5.41, 5.74) is 9.22. The summed E-state index contributed by atoms with van der Waals surface area (Å²) >= 11 is 1.30. The third kappa shape index (κ3) is 3.30. The number of aryl methyl sites for hydroxylation is 2. The number of thioether (sulfide) groups is 1. The highest BCUT2D eigenvalue weighted by Gasteiger charge is 2.17. The summed E-state index contributed by atoms with van der Waals surface area (Å²) in [6, 6.07) is 7.03. The van der Waals surface area contributed by atoms with Gasteiger partial charge in [0.2, 0.25) is 5.95 Å². The summed E-state index contributed by atoms with van der Waals surface area (Å²) in [7, 11) is 1.59. The Labute approximate surface area is 149 Å². The van der Waals surface area contributed by atoms with Gasteiger partial charge in [0.05, 0.1) is 12.9 Å². The Morgan fingerprint density at radius 1 is 1.28 bits per heavy atom. The van der Waals surface area contributed by atoms with Crippen molar-refractivity contribution in [2.75, 3.05) is 18.6 Å². The first-order valence-corrected chi connectivity index (χ1v) is 8.83. The summed E-state index contributed by atoms with van der Waals surface area (Å²) in [5.74, 6) is 1.28. The van der Waals surface area contributed by atoms with Gasteiger partial charge < -0.3 is 10.5 Å². The maximum atomic E-state index is 12.4. The molecule has 3 aromatic rings. The van der Waals surface area contributed by atoms with Gasteiger partial charge in [-0.2, -0.15) is 0 Å². The molecule has 3 rings (SSSR count). The van der Waals surface area contributed by atoms with Gasteiger partial charge in [-0.15, -0.1) is 10.2 Å². The number of anilines is 1. The molecular weight excluding hydrogens is 338 g/mol. The number of ether oxygens (including phenoxy) is 1. The van der Waals surface area contributed by atoms with E-state index in [9.17, 15) is 4.79 Å². The average Bonchev–Trinajstić information content (AvgIpc) is 3.04. The van der Waals surface area contributed by atoms with Crippen molar-refractivity contribution in [1.82, 2.24) is 19.6 Å². The highest BCUT2D eigenvalue weighted by Crippen LogP contribution is 2.24. The van der Waals surface area contributed by atoms with Gasteiger partial charge in [0.25, 0.3) is 0 Å². The molecule has 25 heavy (non-hydrogen) atoms. The number of hydrogen-bond acceptors (Lipinski definition) is 7. The zero-order valence-corrected chi connectivity index (χ0v) is 15.1. The summed E-state index contributed by atoms with van der Waals surface area (Å²) in [6.07, 6.45) is 0.788. The van der Waals surface area contributed by atoms with Gasteiger partial charge in [-0.25, -0.2) is 9.38 Å². The van der Waals surface area contributed by atoms with Crippen molar-refractivity contribution in [3.8, 4) is 5.75 Å². The Morgan fingerprint density at radius 3 is 2.64 bits per heavy atom. The van der Waals surface area contributed by atoms with Crippen LogP contribution in [0.2, 0.25) is 0 Å². The predicted molar refractivity (Wildman–Crippen MR) is 97.4 cm³/mol. The molecule has 0 fully saturated rings. The summed E-state index contributed by atoms with van der Waals surface area (Å²) in [6.45, 7) is 3.94. The Kier molecular flexibility index (Phi) is 4.89. The van der Waals surface area contributed by atoms with Crippen LogP contribution in [0, 0.1) is 6.92 Å². The number of methoxy groups -OCH3 is 1. The van der Waals surface area contributed by atoms with E-state index in [1.165, 1.54) is 11.8 Å². The molecule has 0 saturated heterocycles. The Morgan fingerprint density at radius 2 is 2.00 bits per heavy atom. The van der Waals surface area contributed by atoms with Crippen LogP contribution in [0.4, 0.5) is 5.95 Å². The van der Waals surface area contributed by atoms with E-state index >= 15 is 0 Å². The van der Waals surface area contributed by atoms with Crippen LogP contribution in [0.3, 0.4) is 0 Å². The van der Waals surface area contributed by atoms with Crippen LogP contribution in [0.1, 0.15) is 28.5 Å². The first-order valence-electron chi connectivity index (χ1n) is 7.85. The fraction of sp³-hybridized carbons (Fsp3) is 0.294. The Balaban J connectivity index is 1.82. The van der Waals surface area contributed by atoms with Crippen molar-refractivity contribution in [2.24, 2.45) is 0 Å². The molecule has 0 aliphatic rings. The van der Waals surface area contributed by atoms with Crippen molar-refractivity contribution in [1.29, 1.82) is 0 Å². The first kappa shape index (κ1) is 17.2. The molecule has 1 aromatic carbocycles. The van der Waals surface area contributed by atoms with E-state index in [0.29, 0.717) is 28.1 Å². The minimum absolute atomic E-state index is 0.00115. The highest BCUT2D eigenvalue weighted by atomic mass is 32.2. The SMILES string of the molecule is CCc1c(C)nc(N)n2c(SCC(=O)c3ccc(OC)cc3)nnc12. The topological polar surface area (TPSA) is 95.4 Å². The van der Waals surface area contributed by atoms with E-state index in [2.05, 4.69) is 15.2 Å². The van der Waals surface area contributed by atoms with Crippen LogP contribution in [0.15, 0.2) is 29.4 Å². The van der Waals surface area contributed by atoms with E-state index < -0.39 is 0 Å². The normalized spacial score (nSPS) is 11.0. The van der Waals surface area contributed by atoms with Gasteiger partial charge in [-0.1, -0.05) is 18.7 Å². The number of fused-ring (bicyclic) bond motifs is 1. The molecular formula is C17H19N5O2S. The number of carbonyl (C=O) groups excluding carboxylic acids is 1. The monoisotopic (exact) mass is 357 g/mol. The van der Waals surface area contributed by atoms with E-state index in [1.807, 2.05) is 13.8 Å². The number of carbonyl (C=O) groups is 1. The van der Waals surface area contributed by atoms with Gasteiger partial charge in [0.15, 0.2) is 16.6 Å². The van der Waals surface area contributed by atoms with Crippen LogP contribution in [-0.2, 0) is 6.42 Å². The zero-order chi connectivity index (χ0) is 18.0. The van der Waals surface area contributed by atoms with Crippen LogP contribution >= 0.6 is 11.8 Å². The third-order valence-corrected chi connectivity index (χ3v) is 4.88. The molecule has 0 amide bonds. The number of aromatic nitrogens is 4. The van der Waals surface area contributed by atoms with Gasteiger partial charge in [0.1, 0.15) is 5.75 Å². The molecule has 2 aromatic heterocycles. The molecule has 0 bridgehead atoms. The zero-order valence-electron chi connectivity index (χ0n) is 14.3. The molecule has 7 nitrogen and oxygen atoms in total. The highest BCUT2D eigenvalue weighted by molar-refractivity contribution is 7.99.